The first kappa shape index (κ1) is 31.5. The van der Waals surface area contributed by atoms with Crippen LogP contribution in [0.15, 0.2) is 16.6 Å². The van der Waals surface area contributed by atoms with E-state index in [-0.39, 0.29) is 34.9 Å². The summed E-state index contributed by atoms with van der Waals surface area (Å²) in [6.07, 6.45) is 7.73. The number of hydrogen-bond donors (Lipinski definition) is 4. The highest BCUT2D eigenvalue weighted by molar-refractivity contribution is 6.48. The first-order valence-corrected chi connectivity index (χ1v) is 14.9. The largest absolute Gasteiger partial charge is 0.481 e. The van der Waals surface area contributed by atoms with Crippen LogP contribution in [0.4, 0.5) is 0 Å². The molecule has 1 aliphatic heterocycles. The van der Waals surface area contributed by atoms with Crippen LogP contribution < -0.4 is 21.7 Å². The van der Waals surface area contributed by atoms with Crippen LogP contribution in [0.3, 0.4) is 0 Å². The van der Waals surface area contributed by atoms with E-state index in [0.29, 0.717) is 48.7 Å². The summed E-state index contributed by atoms with van der Waals surface area (Å²) < 4.78 is 13.2. The molecule has 2 bridgehead atoms. The van der Waals surface area contributed by atoms with Gasteiger partial charge in [0.2, 0.25) is 11.8 Å². The number of rotatable bonds is 13. The van der Waals surface area contributed by atoms with E-state index in [2.05, 4.69) is 62.5 Å². The van der Waals surface area contributed by atoms with Gasteiger partial charge in [-0.25, -0.2) is 0 Å². The summed E-state index contributed by atoms with van der Waals surface area (Å²) in [7, 11) is 1.11. The van der Waals surface area contributed by atoms with Crippen LogP contribution in [0, 0.1) is 23.2 Å². The Kier molecular flexibility index (Phi) is 10.5. The van der Waals surface area contributed by atoms with E-state index in [1.165, 1.54) is 6.42 Å². The fourth-order valence-corrected chi connectivity index (χ4v) is 6.70. The van der Waals surface area contributed by atoms with Crippen molar-refractivity contribution in [3.8, 4) is 0 Å². The Balaban J connectivity index is 1.72. The predicted molar refractivity (Wildman–Crippen MR) is 157 cm³/mol. The summed E-state index contributed by atoms with van der Waals surface area (Å²) in [4.78, 5) is 30.5. The lowest BCUT2D eigenvalue weighted by molar-refractivity contribution is -0.199. The zero-order valence-electron chi connectivity index (χ0n) is 25.4. The van der Waals surface area contributed by atoms with Gasteiger partial charge in [0.1, 0.15) is 6.04 Å². The van der Waals surface area contributed by atoms with Crippen molar-refractivity contribution in [1.29, 1.82) is 0 Å². The Labute approximate surface area is 236 Å². The molecule has 4 fully saturated rings. The lowest BCUT2D eigenvalue weighted by atomic mass is 9.43. The fraction of sp³-hybridized carbons (Fsp3) is 0.828. The molecule has 0 aromatic heterocycles. The molecule has 6 atom stereocenters. The summed E-state index contributed by atoms with van der Waals surface area (Å²) >= 11 is 0. The minimum absolute atomic E-state index is 0.0458. The topological polar surface area (TPSA) is 127 Å². The highest BCUT2D eigenvalue weighted by Crippen LogP contribution is 2.65. The monoisotopic (exact) mass is 545 g/mol. The molecule has 0 spiro atoms. The molecular formula is C29H52BN5O4. The number of allylic oxidation sites excluding steroid dienone is 1. The van der Waals surface area contributed by atoms with Gasteiger partial charge in [0.15, 0.2) is 5.96 Å². The van der Waals surface area contributed by atoms with Gasteiger partial charge in [-0.3, -0.25) is 14.6 Å². The van der Waals surface area contributed by atoms with E-state index < -0.39 is 13.2 Å². The normalized spacial score (nSPS) is 29.4. The molecular weight excluding hydrogens is 493 g/mol. The SMILES string of the molecule is CCC/C=C(\C)C(=O)N[C@@H](CCCNC(N)=NC)C(=O)N[C@@H](CC(C)C)B1O[C@@H]2C[C@@H]3C[C@@H](C3(C)C)[C@]2(C)O1. The molecule has 0 aromatic rings. The maximum atomic E-state index is 13.7. The summed E-state index contributed by atoms with van der Waals surface area (Å²) in [6, 6.07) is -0.690. The molecule has 9 nitrogen and oxygen atoms in total. The minimum atomic E-state index is -0.690. The van der Waals surface area contributed by atoms with Gasteiger partial charge in [0.05, 0.1) is 17.6 Å². The van der Waals surface area contributed by atoms with Crippen molar-refractivity contribution in [2.24, 2.45) is 33.9 Å². The lowest BCUT2D eigenvalue weighted by Crippen LogP contribution is -2.65. The molecule has 0 unspecified atom stereocenters. The third-order valence-corrected chi connectivity index (χ3v) is 9.29. The number of nitrogens with one attached hydrogen (secondary N) is 3. The summed E-state index contributed by atoms with van der Waals surface area (Å²) in [5, 5.41) is 9.21. The molecule has 5 N–H and O–H groups in total. The number of nitrogens with two attached hydrogens (primary N) is 1. The second kappa shape index (κ2) is 13.1. The molecule has 10 heteroatoms. The average molecular weight is 546 g/mol. The van der Waals surface area contributed by atoms with Gasteiger partial charge < -0.3 is 31.0 Å². The predicted octanol–water partition coefficient (Wildman–Crippen LogP) is 3.33. The Morgan fingerprint density at radius 2 is 1.92 bits per heavy atom. The van der Waals surface area contributed by atoms with Crippen LogP contribution in [0.2, 0.25) is 0 Å². The molecule has 220 valence electrons. The molecule has 4 aliphatic rings. The van der Waals surface area contributed by atoms with Gasteiger partial charge in [-0.2, -0.15) is 0 Å². The zero-order valence-corrected chi connectivity index (χ0v) is 25.4. The fourth-order valence-electron chi connectivity index (χ4n) is 6.70. The van der Waals surface area contributed by atoms with Crippen molar-refractivity contribution in [2.75, 3.05) is 13.6 Å². The number of guanidine groups is 1. The van der Waals surface area contributed by atoms with Crippen molar-refractivity contribution in [2.45, 2.75) is 117 Å². The minimum Gasteiger partial charge on any atom is -0.404 e. The second-order valence-corrected chi connectivity index (χ2v) is 13.0. The van der Waals surface area contributed by atoms with Crippen LogP contribution in [-0.2, 0) is 18.9 Å². The lowest BCUT2D eigenvalue weighted by Gasteiger charge is -2.64. The number of carbonyl (C=O) groups excluding carboxylic acids is 2. The van der Waals surface area contributed by atoms with Crippen LogP contribution in [-0.4, -0.2) is 62.2 Å². The molecule has 1 heterocycles. The maximum absolute atomic E-state index is 13.7. The molecule has 0 radical (unpaired) electrons. The number of unbranched alkanes of at least 4 members (excludes halogenated alkanes) is 1. The van der Waals surface area contributed by atoms with Crippen LogP contribution in [0.1, 0.15) is 93.4 Å². The summed E-state index contributed by atoms with van der Waals surface area (Å²) in [5.41, 5.74) is 6.27. The van der Waals surface area contributed by atoms with Crippen LogP contribution in [0.25, 0.3) is 0 Å². The molecule has 39 heavy (non-hydrogen) atoms. The molecule has 2 amide bonds. The van der Waals surface area contributed by atoms with E-state index >= 15 is 0 Å². The van der Waals surface area contributed by atoms with Crippen LogP contribution in [0.5, 0.6) is 0 Å². The van der Waals surface area contributed by atoms with E-state index in [9.17, 15) is 9.59 Å². The van der Waals surface area contributed by atoms with Crippen molar-refractivity contribution < 1.29 is 18.9 Å². The first-order chi connectivity index (χ1) is 18.3. The third-order valence-electron chi connectivity index (χ3n) is 9.29. The number of hydrogen-bond acceptors (Lipinski definition) is 5. The van der Waals surface area contributed by atoms with Gasteiger partial charge in [-0.15, -0.1) is 0 Å². The average Bonchev–Trinajstić information content (AvgIpc) is 3.24. The second-order valence-electron chi connectivity index (χ2n) is 13.0. The molecule has 1 saturated heterocycles. The van der Waals surface area contributed by atoms with Crippen molar-refractivity contribution in [3.05, 3.63) is 11.6 Å². The quantitative estimate of drug-likeness (QED) is 0.0925. The third kappa shape index (κ3) is 7.18. The Morgan fingerprint density at radius 3 is 2.54 bits per heavy atom. The highest BCUT2D eigenvalue weighted by Gasteiger charge is 2.68. The molecule has 3 aliphatic carbocycles. The summed E-state index contributed by atoms with van der Waals surface area (Å²) in [5.74, 6) is 1.04. The van der Waals surface area contributed by atoms with Gasteiger partial charge >= 0.3 is 7.12 Å². The Bertz CT molecular complexity index is 939. The zero-order chi connectivity index (χ0) is 29.0. The van der Waals surface area contributed by atoms with Crippen molar-refractivity contribution in [3.63, 3.8) is 0 Å². The standard InChI is InChI=1S/C29H52BN5O4/c1-9-10-12-19(4)25(36)34-21(13-11-14-33-27(31)32-8)26(37)35-24(15-18(2)3)30-38-23-17-20-16-22(28(20,5)6)29(23,7)39-30/h12,18,20-24H,9-11,13-17H2,1-8H3,(H,34,36)(H,35,37)(H3,31,32,33)/b19-12+/t20-,21-,22-,23+,24-,29-/m0/s1. The van der Waals surface area contributed by atoms with Crippen molar-refractivity contribution in [1.82, 2.24) is 16.0 Å². The first-order valence-electron chi connectivity index (χ1n) is 14.9. The van der Waals surface area contributed by atoms with Crippen molar-refractivity contribution >= 4 is 24.9 Å². The van der Waals surface area contributed by atoms with Gasteiger partial charge in [-0.05, 0) is 75.5 Å². The molecule has 0 aromatic carbocycles. The van der Waals surface area contributed by atoms with Crippen LogP contribution >= 0.6 is 0 Å². The number of aliphatic imine (C=N–C) groups is 1. The Morgan fingerprint density at radius 1 is 1.21 bits per heavy atom. The Hall–Kier alpha value is -2.07. The smallest absolute Gasteiger partial charge is 0.404 e. The summed E-state index contributed by atoms with van der Waals surface area (Å²) in [6.45, 7) is 15.6. The highest BCUT2D eigenvalue weighted by atomic mass is 16.7. The maximum Gasteiger partial charge on any atom is 0.481 e. The molecule has 3 saturated carbocycles. The van der Waals surface area contributed by atoms with Gasteiger partial charge in [-0.1, -0.05) is 47.1 Å². The van der Waals surface area contributed by atoms with Gasteiger partial charge in [0.25, 0.3) is 0 Å². The van der Waals surface area contributed by atoms with E-state index in [1.807, 2.05) is 6.08 Å². The van der Waals surface area contributed by atoms with Gasteiger partial charge in [0, 0.05) is 19.2 Å². The van der Waals surface area contributed by atoms with E-state index in [1.54, 1.807) is 14.0 Å². The number of nitrogens with zero attached hydrogens (tertiary/aromatic N) is 1. The van der Waals surface area contributed by atoms with E-state index in [4.69, 9.17) is 15.0 Å². The molecule has 4 rings (SSSR count). The number of amides is 2. The van der Waals surface area contributed by atoms with E-state index in [0.717, 1.165) is 25.7 Å². The number of carbonyl (C=O) groups is 2.